The van der Waals surface area contributed by atoms with Crippen molar-refractivity contribution < 1.29 is 36.9 Å². The van der Waals surface area contributed by atoms with Crippen molar-refractivity contribution in [1.29, 1.82) is 0 Å². The summed E-state index contributed by atoms with van der Waals surface area (Å²) in [5, 5.41) is 12.3. The van der Waals surface area contributed by atoms with Gasteiger partial charge in [-0.25, -0.2) is 8.81 Å². The third kappa shape index (κ3) is 8.50. The van der Waals surface area contributed by atoms with E-state index >= 15 is 0 Å². The molecule has 0 bridgehead atoms. The fraction of sp³-hybridized carbons (Fsp3) is 0.441. The van der Waals surface area contributed by atoms with Crippen LogP contribution >= 0.6 is 11.8 Å². The lowest BCUT2D eigenvalue weighted by atomic mass is 9.78. The number of benzene rings is 3. The average Bonchev–Trinajstić information content (AvgIpc) is 3.45. The Bertz CT molecular complexity index is 1480. The van der Waals surface area contributed by atoms with E-state index in [1.54, 1.807) is 52.9 Å². The highest BCUT2D eigenvalue weighted by molar-refractivity contribution is 6.13. The van der Waals surface area contributed by atoms with Crippen LogP contribution in [0, 0.1) is 11.7 Å². The zero-order chi connectivity index (χ0) is 32.8. The van der Waals surface area contributed by atoms with E-state index in [4.69, 9.17) is 27.0 Å². The topological polar surface area (TPSA) is 97.1 Å². The molecule has 3 aromatic carbocycles. The first-order chi connectivity index (χ1) is 22.0. The van der Waals surface area contributed by atoms with Gasteiger partial charge in [-0.1, -0.05) is 12.1 Å². The second-order valence-electron chi connectivity index (χ2n) is 11.9. The average molecular weight is 664 g/mol. The van der Waals surface area contributed by atoms with Crippen LogP contribution in [0.3, 0.4) is 0 Å². The molecule has 12 heteroatoms. The molecule has 0 unspecified atom stereocenters. The second kappa shape index (κ2) is 15.0. The molecular weight excluding hydrogens is 626 g/mol. The highest BCUT2D eigenvalue weighted by Gasteiger charge is 2.42. The number of hydrogen-bond donors (Lipinski definition) is 3. The molecule has 0 aromatic heterocycles. The second-order valence-corrected chi connectivity index (χ2v) is 12.4. The fourth-order valence-corrected chi connectivity index (χ4v) is 6.38. The van der Waals surface area contributed by atoms with Crippen LogP contribution in [0.25, 0.3) is 11.1 Å². The number of anilines is 1. The highest BCUT2D eigenvalue weighted by Crippen LogP contribution is 2.45. The summed E-state index contributed by atoms with van der Waals surface area (Å²) in [5.41, 5.74) is 8.55. The lowest BCUT2D eigenvalue weighted by molar-refractivity contribution is -0.182. The van der Waals surface area contributed by atoms with Crippen molar-refractivity contribution in [2.24, 2.45) is 11.7 Å². The van der Waals surface area contributed by atoms with E-state index in [1.807, 2.05) is 0 Å². The molecule has 1 aliphatic carbocycles. The van der Waals surface area contributed by atoms with Crippen molar-refractivity contribution in [3.05, 3.63) is 77.6 Å². The smallest absolute Gasteiger partial charge is 0.391 e. The third-order valence-electron chi connectivity index (χ3n) is 8.69. The van der Waals surface area contributed by atoms with E-state index in [2.05, 4.69) is 5.32 Å². The molecule has 1 heterocycles. The molecular formula is C34H38ClF4N3O4. The first-order valence-corrected chi connectivity index (χ1v) is 15.8. The first kappa shape index (κ1) is 34.0. The van der Waals surface area contributed by atoms with E-state index in [1.165, 1.54) is 12.1 Å². The zero-order valence-corrected chi connectivity index (χ0v) is 26.0. The number of aliphatic hydroxyl groups is 1. The number of halogens is 5. The molecule has 1 saturated heterocycles. The summed E-state index contributed by atoms with van der Waals surface area (Å²) in [6.07, 6.45) is -3.09. The Labute approximate surface area is 270 Å². The van der Waals surface area contributed by atoms with Crippen LogP contribution in [-0.2, 0) is 0 Å². The van der Waals surface area contributed by atoms with Gasteiger partial charge in [-0.15, -0.1) is 0 Å². The van der Waals surface area contributed by atoms with Gasteiger partial charge in [0, 0.05) is 42.9 Å². The molecule has 1 saturated carbocycles. The minimum atomic E-state index is -4.23. The summed E-state index contributed by atoms with van der Waals surface area (Å²) in [6, 6.07) is 16.0. The van der Waals surface area contributed by atoms with E-state index in [0.29, 0.717) is 78.2 Å². The van der Waals surface area contributed by atoms with Crippen molar-refractivity contribution in [2.45, 2.75) is 62.8 Å². The van der Waals surface area contributed by atoms with Gasteiger partial charge in [-0.3, -0.25) is 4.79 Å². The molecule has 7 nitrogen and oxygen atoms in total. The molecule has 1 aliphatic heterocycles. The maximum absolute atomic E-state index is 13.7. The summed E-state index contributed by atoms with van der Waals surface area (Å²) in [6.45, 7) is 1.25. The van der Waals surface area contributed by atoms with E-state index in [0.717, 1.165) is 0 Å². The molecule has 5 rings (SSSR count). The number of carbonyl (C=O) groups excluding carboxylic acids is 1. The fourth-order valence-electron chi connectivity index (χ4n) is 6.13. The SMILES string of the molecule is NC[C@H](CCO)Oc1ccc(NC(=O)c2ccc(O[C@H]3CCN(Cl)C3)c(C3CCC(C(F)(F)F)CC3)c2)cc1-c1ccc(F)cc1. The molecule has 2 atom stereocenters. The van der Waals surface area contributed by atoms with Crippen LogP contribution in [0.4, 0.5) is 23.2 Å². The lowest BCUT2D eigenvalue weighted by Gasteiger charge is -2.31. The number of alkyl halides is 3. The van der Waals surface area contributed by atoms with Crippen molar-refractivity contribution in [3.8, 4) is 22.6 Å². The van der Waals surface area contributed by atoms with Crippen LogP contribution in [-0.4, -0.2) is 60.1 Å². The molecule has 0 radical (unpaired) electrons. The Morgan fingerprint density at radius 1 is 1.02 bits per heavy atom. The molecule has 248 valence electrons. The molecule has 0 spiro atoms. The Kier molecular flexibility index (Phi) is 11.1. The Balaban J connectivity index is 1.40. The molecule has 3 aromatic rings. The number of nitrogens with one attached hydrogen (secondary N) is 1. The summed E-state index contributed by atoms with van der Waals surface area (Å²) in [7, 11) is 0. The van der Waals surface area contributed by atoms with Crippen LogP contribution in [0.1, 0.15) is 60.4 Å². The Morgan fingerprint density at radius 3 is 2.37 bits per heavy atom. The molecule has 1 amide bonds. The molecule has 46 heavy (non-hydrogen) atoms. The summed E-state index contributed by atoms with van der Waals surface area (Å²) < 4.78 is 67.9. The third-order valence-corrected chi connectivity index (χ3v) is 9.00. The quantitative estimate of drug-likeness (QED) is 0.147. The first-order valence-electron chi connectivity index (χ1n) is 15.5. The standard InChI is InChI=1S/C34H38ClF4N3O4/c35-42-15-13-28(20-42)46-31-11-5-23(17-29(31)21-1-6-24(7-2-21)34(37,38)39)33(44)41-26-10-12-32(45-27(19-40)14-16-43)30(18-26)22-3-8-25(36)9-4-22/h3-5,8-12,17-18,21,24,27-28,43H,1-2,6-7,13-16,19-20,40H2,(H,41,44)/t21?,24?,27-,28-/m0/s1. The van der Waals surface area contributed by atoms with E-state index in [-0.39, 0.29) is 38.0 Å². The van der Waals surface area contributed by atoms with Gasteiger partial charge in [-0.05, 0) is 109 Å². The van der Waals surface area contributed by atoms with Crippen molar-refractivity contribution in [3.63, 3.8) is 0 Å². The van der Waals surface area contributed by atoms with Gasteiger partial charge in [0.15, 0.2) is 0 Å². The largest absolute Gasteiger partial charge is 0.489 e. The van der Waals surface area contributed by atoms with E-state index in [9.17, 15) is 27.5 Å². The predicted octanol–water partition coefficient (Wildman–Crippen LogP) is 7.28. The lowest BCUT2D eigenvalue weighted by Crippen LogP contribution is -2.28. The molecule has 2 fully saturated rings. The number of hydrogen-bond acceptors (Lipinski definition) is 6. The van der Waals surface area contributed by atoms with Crippen molar-refractivity contribution in [1.82, 2.24) is 4.42 Å². The van der Waals surface area contributed by atoms with Gasteiger partial charge in [-0.2, -0.15) is 13.2 Å². The van der Waals surface area contributed by atoms with Crippen molar-refractivity contribution >= 4 is 23.4 Å². The number of aliphatic hydroxyl groups excluding tert-OH is 1. The highest BCUT2D eigenvalue weighted by atomic mass is 35.5. The Morgan fingerprint density at radius 2 is 1.74 bits per heavy atom. The predicted molar refractivity (Wildman–Crippen MR) is 169 cm³/mol. The molecule has 4 N–H and O–H groups in total. The van der Waals surface area contributed by atoms with Crippen LogP contribution in [0.15, 0.2) is 60.7 Å². The van der Waals surface area contributed by atoms with Gasteiger partial charge in [0.05, 0.1) is 12.5 Å². The number of rotatable bonds is 11. The normalized spacial score (nSPS) is 21.2. The van der Waals surface area contributed by atoms with Gasteiger partial charge < -0.3 is 25.6 Å². The maximum Gasteiger partial charge on any atom is 0.391 e. The Hall–Kier alpha value is -3.38. The summed E-state index contributed by atoms with van der Waals surface area (Å²) >= 11 is 6.13. The van der Waals surface area contributed by atoms with E-state index < -0.39 is 29.9 Å². The minimum Gasteiger partial charge on any atom is -0.489 e. The van der Waals surface area contributed by atoms with Gasteiger partial charge in [0.1, 0.15) is 29.5 Å². The number of amides is 1. The zero-order valence-electron chi connectivity index (χ0n) is 25.2. The van der Waals surface area contributed by atoms with Crippen LogP contribution in [0.5, 0.6) is 11.5 Å². The van der Waals surface area contributed by atoms with Crippen molar-refractivity contribution in [2.75, 3.05) is 31.6 Å². The number of ether oxygens (including phenoxy) is 2. The molecule has 2 aliphatic rings. The maximum atomic E-state index is 13.7. The van der Waals surface area contributed by atoms with Crippen LogP contribution in [0.2, 0.25) is 0 Å². The summed E-state index contributed by atoms with van der Waals surface area (Å²) in [5.74, 6) is -1.33. The number of nitrogens with zero attached hydrogens (tertiary/aromatic N) is 1. The summed E-state index contributed by atoms with van der Waals surface area (Å²) in [4.78, 5) is 13.6. The van der Waals surface area contributed by atoms with Gasteiger partial charge >= 0.3 is 6.18 Å². The van der Waals surface area contributed by atoms with Gasteiger partial charge in [0.2, 0.25) is 0 Å². The van der Waals surface area contributed by atoms with Crippen LogP contribution < -0.4 is 20.5 Å². The van der Waals surface area contributed by atoms with Gasteiger partial charge in [0.25, 0.3) is 5.91 Å². The number of nitrogens with two attached hydrogens (primary N) is 1. The minimum absolute atomic E-state index is 0.0207. The monoisotopic (exact) mass is 663 g/mol. The number of carbonyl (C=O) groups is 1.